The van der Waals surface area contributed by atoms with E-state index in [1.165, 1.54) is 12.5 Å². The van der Waals surface area contributed by atoms with Crippen LogP contribution in [-0.4, -0.2) is 11.6 Å². The summed E-state index contributed by atoms with van der Waals surface area (Å²) < 4.78 is 4.80. The molecular formula is C13H21NO2. The zero-order chi connectivity index (χ0) is 12.8. The Morgan fingerprint density at radius 2 is 1.62 bits per heavy atom. The molecule has 0 heterocycles. The van der Waals surface area contributed by atoms with Crippen LogP contribution in [0.2, 0.25) is 0 Å². The Kier molecular flexibility index (Phi) is 5.57. The number of rotatable bonds is 0. The first-order chi connectivity index (χ1) is 7.20. The summed E-state index contributed by atoms with van der Waals surface area (Å²) in [6.45, 7) is 8.97. The maximum Gasteiger partial charge on any atom is 0.303 e. The number of hydrogen-bond acceptors (Lipinski definition) is 3. The maximum atomic E-state index is 10.2. The normalized spacial score (nSPS) is 10.1. The van der Waals surface area contributed by atoms with Crippen molar-refractivity contribution in [2.45, 2.75) is 40.2 Å². The van der Waals surface area contributed by atoms with E-state index in [2.05, 4.69) is 0 Å². The van der Waals surface area contributed by atoms with Crippen molar-refractivity contribution in [1.82, 2.24) is 0 Å². The Bertz CT molecular complexity index is 302. The van der Waals surface area contributed by atoms with Crippen LogP contribution >= 0.6 is 0 Å². The summed E-state index contributed by atoms with van der Waals surface area (Å²) in [5.74, 6) is -0.225. The van der Waals surface area contributed by atoms with Gasteiger partial charge >= 0.3 is 5.97 Å². The van der Waals surface area contributed by atoms with Crippen molar-refractivity contribution >= 4 is 11.7 Å². The van der Waals surface area contributed by atoms with Crippen LogP contribution in [0, 0.1) is 6.92 Å². The fourth-order valence-corrected chi connectivity index (χ4v) is 0.998. The molecule has 16 heavy (non-hydrogen) atoms. The van der Waals surface area contributed by atoms with Gasteiger partial charge in [0.25, 0.3) is 0 Å². The van der Waals surface area contributed by atoms with E-state index < -0.39 is 0 Å². The molecule has 0 aliphatic heterocycles. The number of nitrogen functional groups attached to an aromatic ring is 1. The monoisotopic (exact) mass is 223 g/mol. The van der Waals surface area contributed by atoms with Gasteiger partial charge in [-0.25, -0.2) is 0 Å². The van der Waals surface area contributed by atoms with Crippen LogP contribution in [0.4, 0.5) is 5.69 Å². The Hall–Kier alpha value is -1.51. The van der Waals surface area contributed by atoms with Gasteiger partial charge in [-0.15, -0.1) is 0 Å². The molecule has 0 spiro atoms. The van der Waals surface area contributed by atoms with E-state index in [1.54, 1.807) is 0 Å². The number of carbonyl (C=O) groups excluding carboxylic acids is 1. The molecule has 1 rings (SSSR count). The molecule has 0 saturated heterocycles. The smallest absolute Gasteiger partial charge is 0.303 e. The van der Waals surface area contributed by atoms with Gasteiger partial charge in [0.1, 0.15) is 5.60 Å². The third-order valence-electron chi connectivity index (χ3n) is 1.53. The third kappa shape index (κ3) is 9.06. The first-order valence-corrected chi connectivity index (χ1v) is 5.22. The number of ether oxygens (including phenoxy) is 1. The summed E-state index contributed by atoms with van der Waals surface area (Å²) in [7, 11) is 0. The van der Waals surface area contributed by atoms with Gasteiger partial charge in [0.2, 0.25) is 0 Å². The highest BCUT2D eigenvalue weighted by molar-refractivity contribution is 5.66. The highest BCUT2D eigenvalue weighted by Gasteiger charge is 2.11. The topological polar surface area (TPSA) is 52.3 Å². The molecule has 0 bridgehead atoms. The Balaban J connectivity index is 0.000000281. The minimum absolute atomic E-state index is 0.225. The molecule has 3 heteroatoms. The van der Waals surface area contributed by atoms with E-state index in [1.807, 2.05) is 52.0 Å². The van der Waals surface area contributed by atoms with Crippen LogP contribution in [-0.2, 0) is 9.53 Å². The van der Waals surface area contributed by atoms with Crippen molar-refractivity contribution in [1.29, 1.82) is 0 Å². The molecule has 0 aliphatic carbocycles. The molecule has 1 aromatic carbocycles. The predicted octanol–water partition coefficient (Wildman–Crippen LogP) is 2.93. The van der Waals surface area contributed by atoms with E-state index in [0.29, 0.717) is 0 Å². The van der Waals surface area contributed by atoms with Gasteiger partial charge in [-0.2, -0.15) is 0 Å². The van der Waals surface area contributed by atoms with E-state index in [9.17, 15) is 4.79 Å². The van der Waals surface area contributed by atoms with E-state index >= 15 is 0 Å². The number of anilines is 1. The van der Waals surface area contributed by atoms with Gasteiger partial charge in [-0.1, -0.05) is 17.7 Å². The van der Waals surface area contributed by atoms with Gasteiger partial charge in [0, 0.05) is 12.6 Å². The van der Waals surface area contributed by atoms with Crippen molar-refractivity contribution in [3.8, 4) is 0 Å². The van der Waals surface area contributed by atoms with Crippen molar-refractivity contribution < 1.29 is 9.53 Å². The van der Waals surface area contributed by atoms with Gasteiger partial charge < -0.3 is 10.5 Å². The van der Waals surface area contributed by atoms with Crippen molar-refractivity contribution in [2.75, 3.05) is 5.73 Å². The standard InChI is InChI=1S/C7H9N.C6H12O2/c1-6-2-4-7(8)5-3-6;1-5(7)8-6(2,3)4/h2-5H,8H2,1H3;1-4H3. The van der Waals surface area contributed by atoms with Crippen LogP contribution in [0.3, 0.4) is 0 Å². The summed E-state index contributed by atoms with van der Waals surface area (Å²) in [5.41, 5.74) is 7.18. The zero-order valence-corrected chi connectivity index (χ0v) is 10.7. The molecule has 3 nitrogen and oxygen atoms in total. The van der Waals surface area contributed by atoms with Gasteiger partial charge in [0.15, 0.2) is 0 Å². The second-order valence-electron chi connectivity index (χ2n) is 4.62. The molecule has 2 N–H and O–H groups in total. The number of aryl methyl sites for hydroxylation is 1. The average Bonchev–Trinajstić information content (AvgIpc) is 2.07. The fourth-order valence-electron chi connectivity index (χ4n) is 0.998. The molecule has 90 valence electrons. The second kappa shape index (κ2) is 6.16. The highest BCUT2D eigenvalue weighted by atomic mass is 16.6. The first kappa shape index (κ1) is 14.5. The molecule has 0 saturated carbocycles. The van der Waals surface area contributed by atoms with Crippen molar-refractivity contribution in [3.05, 3.63) is 29.8 Å². The minimum atomic E-state index is -0.328. The molecule has 0 radical (unpaired) electrons. The summed E-state index contributed by atoms with van der Waals surface area (Å²) in [5, 5.41) is 0. The summed E-state index contributed by atoms with van der Waals surface area (Å²) in [6, 6.07) is 7.79. The van der Waals surface area contributed by atoms with Crippen LogP contribution in [0.25, 0.3) is 0 Å². The average molecular weight is 223 g/mol. The second-order valence-corrected chi connectivity index (χ2v) is 4.62. The summed E-state index contributed by atoms with van der Waals surface area (Å²) >= 11 is 0. The quantitative estimate of drug-likeness (QED) is 0.543. The summed E-state index contributed by atoms with van der Waals surface area (Å²) in [6.07, 6.45) is 0. The van der Waals surface area contributed by atoms with Gasteiger partial charge in [-0.05, 0) is 39.8 Å². The third-order valence-corrected chi connectivity index (χ3v) is 1.53. The van der Waals surface area contributed by atoms with Gasteiger partial charge in [0.05, 0.1) is 0 Å². The molecule has 0 amide bonds. The zero-order valence-electron chi connectivity index (χ0n) is 10.7. The number of benzene rings is 1. The van der Waals surface area contributed by atoms with Gasteiger partial charge in [-0.3, -0.25) is 4.79 Å². The summed E-state index contributed by atoms with van der Waals surface area (Å²) in [4.78, 5) is 10.2. The first-order valence-electron chi connectivity index (χ1n) is 5.22. The molecule has 0 atom stereocenters. The van der Waals surface area contributed by atoms with Crippen LogP contribution in [0.5, 0.6) is 0 Å². The van der Waals surface area contributed by atoms with E-state index in [0.717, 1.165) is 5.69 Å². The molecule has 0 unspecified atom stereocenters. The lowest BCUT2D eigenvalue weighted by Gasteiger charge is -2.17. The lowest BCUT2D eigenvalue weighted by molar-refractivity contribution is -0.151. The molecular weight excluding hydrogens is 202 g/mol. The Labute approximate surface area is 97.6 Å². The fraction of sp³-hybridized carbons (Fsp3) is 0.462. The largest absolute Gasteiger partial charge is 0.460 e. The number of carbonyl (C=O) groups is 1. The van der Waals surface area contributed by atoms with E-state index in [-0.39, 0.29) is 11.6 Å². The van der Waals surface area contributed by atoms with Crippen LogP contribution < -0.4 is 5.73 Å². The Morgan fingerprint density at radius 1 is 1.19 bits per heavy atom. The minimum Gasteiger partial charge on any atom is -0.460 e. The number of hydrogen-bond donors (Lipinski definition) is 1. The lowest BCUT2D eigenvalue weighted by atomic mass is 10.2. The molecule has 0 fully saturated rings. The maximum absolute atomic E-state index is 10.2. The Morgan fingerprint density at radius 3 is 1.81 bits per heavy atom. The molecule has 0 aromatic heterocycles. The SMILES string of the molecule is CC(=O)OC(C)(C)C.Cc1ccc(N)cc1. The lowest BCUT2D eigenvalue weighted by Crippen LogP contribution is -2.21. The van der Waals surface area contributed by atoms with E-state index in [4.69, 9.17) is 10.5 Å². The highest BCUT2D eigenvalue weighted by Crippen LogP contribution is 2.05. The predicted molar refractivity (Wildman–Crippen MR) is 67.1 cm³/mol. The number of nitrogens with two attached hydrogens (primary N) is 1. The number of esters is 1. The molecule has 0 aliphatic rings. The molecule has 1 aromatic rings. The van der Waals surface area contributed by atoms with Crippen molar-refractivity contribution in [2.24, 2.45) is 0 Å². The van der Waals surface area contributed by atoms with Crippen LogP contribution in [0.1, 0.15) is 33.3 Å². The van der Waals surface area contributed by atoms with Crippen molar-refractivity contribution in [3.63, 3.8) is 0 Å². The van der Waals surface area contributed by atoms with Crippen LogP contribution in [0.15, 0.2) is 24.3 Å².